The standard InChI is InChI=1S/C17H22ClN3O2/c1-3-19-6-8-20(9-7-19)15-11-16(22)21(17(15)23)13-5-4-12(2)14(18)10-13/h4-5,10,15H,3,6-9,11H2,1-2H3/p+2/t15-/m0/s1. The Labute approximate surface area is 141 Å². The van der Waals surface area contributed by atoms with Crippen molar-refractivity contribution in [2.24, 2.45) is 0 Å². The summed E-state index contributed by atoms with van der Waals surface area (Å²) in [6.45, 7) is 9.26. The molecule has 124 valence electrons. The maximum atomic E-state index is 12.8. The predicted octanol–water partition coefficient (Wildman–Crippen LogP) is -0.916. The van der Waals surface area contributed by atoms with Crippen LogP contribution in [-0.4, -0.2) is 50.6 Å². The van der Waals surface area contributed by atoms with Gasteiger partial charge < -0.3 is 9.80 Å². The lowest BCUT2D eigenvalue weighted by molar-refractivity contribution is -1.02. The van der Waals surface area contributed by atoms with Gasteiger partial charge in [-0.2, -0.15) is 0 Å². The molecule has 2 aliphatic rings. The van der Waals surface area contributed by atoms with Gasteiger partial charge in [-0.3, -0.25) is 9.59 Å². The first-order valence-electron chi connectivity index (χ1n) is 8.32. The van der Waals surface area contributed by atoms with Crippen molar-refractivity contribution in [3.8, 4) is 0 Å². The van der Waals surface area contributed by atoms with Gasteiger partial charge in [-0.1, -0.05) is 17.7 Å². The van der Waals surface area contributed by atoms with Crippen LogP contribution < -0.4 is 14.7 Å². The molecule has 0 saturated carbocycles. The number of nitrogens with zero attached hydrogens (tertiary/aromatic N) is 1. The number of nitrogens with one attached hydrogen (secondary N) is 2. The van der Waals surface area contributed by atoms with Crippen molar-refractivity contribution in [2.75, 3.05) is 37.6 Å². The maximum Gasteiger partial charge on any atom is 0.292 e. The highest BCUT2D eigenvalue weighted by molar-refractivity contribution is 6.32. The summed E-state index contributed by atoms with van der Waals surface area (Å²) in [6.07, 6.45) is 0.307. The molecule has 2 amide bonds. The third-order valence-corrected chi connectivity index (χ3v) is 5.56. The average molecular weight is 338 g/mol. The van der Waals surface area contributed by atoms with E-state index in [1.165, 1.54) is 9.80 Å². The molecule has 0 bridgehead atoms. The number of hydrogen-bond donors (Lipinski definition) is 2. The summed E-state index contributed by atoms with van der Waals surface area (Å²) in [5, 5.41) is 0.582. The smallest absolute Gasteiger partial charge is 0.292 e. The highest BCUT2D eigenvalue weighted by Crippen LogP contribution is 2.26. The van der Waals surface area contributed by atoms with Gasteiger partial charge in [0.25, 0.3) is 5.91 Å². The van der Waals surface area contributed by atoms with E-state index in [1.54, 1.807) is 17.0 Å². The number of benzene rings is 1. The number of imide groups is 1. The number of anilines is 1. The van der Waals surface area contributed by atoms with Crippen LogP contribution in [-0.2, 0) is 9.59 Å². The molecule has 0 unspecified atom stereocenters. The Hall–Kier alpha value is -1.43. The minimum Gasteiger partial charge on any atom is -0.326 e. The number of rotatable bonds is 3. The molecule has 1 aromatic rings. The second kappa shape index (κ2) is 6.59. The van der Waals surface area contributed by atoms with E-state index in [2.05, 4.69) is 6.92 Å². The fourth-order valence-electron chi connectivity index (χ4n) is 3.57. The Balaban J connectivity index is 1.76. The van der Waals surface area contributed by atoms with Crippen LogP contribution in [0.2, 0.25) is 5.02 Å². The first-order valence-corrected chi connectivity index (χ1v) is 8.70. The number of carbonyl (C=O) groups is 2. The largest absolute Gasteiger partial charge is 0.326 e. The Morgan fingerprint density at radius 3 is 2.52 bits per heavy atom. The van der Waals surface area contributed by atoms with Crippen LogP contribution in [0.3, 0.4) is 0 Å². The lowest BCUT2D eigenvalue weighted by Crippen LogP contribution is -3.29. The van der Waals surface area contributed by atoms with Crippen molar-refractivity contribution < 1.29 is 19.4 Å². The molecular formula is C17H24ClN3O2+2. The Kier molecular flexibility index (Phi) is 4.71. The van der Waals surface area contributed by atoms with E-state index in [4.69, 9.17) is 11.6 Å². The van der Waals surface area contributed by atoms with E-state index in [0.717, 1.165) is 38.3 Å². The van der Waals surface area contributed by atoms with Crippen LogP contribution >= 0.6 is 11.6 Å². The van der Waals surface area contributed by atoms with Crippen LogP contribution in [0.25, 0.3) is 0 Å². The number of halogens is 1. The molecule has 0 aliphatic carbocycles. The van der Waals surface area contributed by atoms with E-state index in [0.29, 0.717) is 17.1 Å². The second-order valence-corrected chi connectivity index (χ2v) is 6.93. The number of aryl methyl sites for hydroxylation is 1. The van der Waals surface area contributed by atoms with Crippen molar-refractivity contribution in [2.45, 2.75) is 26.3 Å². The van der Waals surface area contributed by atoms with Crippen LogP contribution in [0.5, 0.6) is 0 Å². The molecule has 23 heavy (non-hydrogen) atoms. The van der Waals surface area contributed by atoms with Crippen molar-refractivity contribution >= 4 is 29.1 Å². The fraction of sp³-hybridized carbons (Fsp3) is 0.529. The quantitative estimate of drug-likeness (QED) is 0.701. The van der Waals surface area contributed by atoms with Gasteiger partial charge in [-0.05, 0) is 31.5 Å². The molecule has 2 aliphatic heterocycles. The fourth-order valence-corrected chi connectivity index (χ4v) is 3.74. The molecule has 2 saturated heterocycles. The Bertz CT molecular complexity index is 626. The van der Waals surface area contributed by atoms with Crippen molar-refractivity contribution in [1.29, 1.82) is 0 Å². The molecule has 6 heteroatoms. The van der Waals surface area contributed by atoms with E-state index in [1.807, 2.05) is 13.0 Å². The molecule has 1 aromatic carbocycles. The molecule has 2 heterocycles. The molecule has 2 N–H and O–H groups in total. The zero-order chi connectivity index (χ0) is 16.6. The molecule has 0 aromatic heterocycles. The van der Waals surface area contributed by atoms with E-state index in [-0.39, 0.29) is 17.9 Å². The molecular weight excluding hydrogens is 314 g/mol. The summed E-state index contributed by atoms with van der Waals surface area (Å²) in [5.74, 6) is -0.192. The SMILES string of the molecule is CC[NH+]1CC[NH+]([C@H]2CC(=O)N(c3ccc(C)c(Cl)c3)C2=O)CC1. The van der Waals surface area contributed by atoms with Gasteiger partial charge in [0, 0.05) is 5.02 Å². The molecule has 5 nitrogen and oxygen atoms in total. The summed E-state index contributed by atoms with van der Waals surface area (Å²) in [6, 6.07) is 5.13. The van der Waals surface area contributed by atoms with Crippen LogP contribution in [0, 0.1) is 6.92 Å². The van der Waals surface area contributed by atoms with E-state index >= 15 is 0 Å². The topological polar surface area (TPSA) is 46.3 Å². The normalized spacial score (nSPS) is 28.5. The second-order valence-electron chi connectivity index (χ2n) is 6.52. The minimum absolute atomic E-state index is 0.0788. The summed E-state index contributed by atoms with van der Waals surface area (Å²) in [5.41, 5.74) is 1.53. The molecule has 2 fully saturated rings. The summed E-state index contributed by atoms with van der Waals surface area (Å²) in [4.78, 5) is 29.3. The first kappa shape index (κ1) is 16.4. The number of piperazine rings is 1. The van der Waals surface area contributed by atoms with Gasteiger partial charge in [-0.25, -0.2) is 4.90 Å². The van der Waals surface area contributed by atoms with Gasteiger partial charge in [-0.15, -0.1) is 0 Å². The number of hydrogen-bond acceptors (Lipinski definition) is 2. The highest BCUT2D eigenvalue weighted by atomic mass is 35.5. The average Bonchev–Trinajstić information content (AvgIpc) is 2.85. The highest BCUT2D eigenvalue weighted by Gasteiger charge is 2.46. The summed E-state index contributed by atoms with van der Waals surface area (Å²) >= 11 is 6.15. The number of likely N-dealkylation sites (N-methyl/N-ethyl adjacent to an activating group) is 1. The molecule has 1 atom stereocenters. The van der Waals surface area contributed by atoms with E-state index in [9.17, 15) is 9.59 Å². The molecule has 0 radical (unpaired) electrons. The third kappa shape index (κ3) is 3.13. The van der Waals surface area contributed by atoms with E-state index < -0.39 is 0 Å². The van der Waals surface area contributed by atoms with Crippen LogP contribution in [0.15, 0.2) is 18.2 Å². The van der Waals surface area contributed by atoms with Crippen LogP contribution in [0.1, 0.15) is 18.9 Å². The lowest BCUT2D eigenvalue weighted by atomic mass is 10.1. The minimum atomic E-state index is -0.235. The van der Waals surface area contributed by atoms with Gasteiger partial charge in [0.1, 0.15) is 26.2 Å². The number of amides is 2. The van der Waals surface area contributed by atoms with Gasteiger partial charge >= 0.3 is 0 Å². The molecule has 3 rings (SSSR count). The Morgan fingerprint density at radius 1 is 1.22 bits per heavy atom. The van der Waals surface area contributed by atoms with Crippen molar-refractivity contribution in [1.82, 2.24) is 0 Å². The lowest BCUT2D eigenvalue weighted by Gasteiger charge is -2.31. The van der Waals surface area contributed by atoms with Gasteiger partial charge in [0.15, 0.2) is 6.04 Å². The summed E-state index contributed by atoms with van der Waals surface area (Å²) in [7, 11) is 0. The monoisotopic (exact) mass is 337 g/mol. The number of carbonyl (C=O) groups excluding carboxylic acids is 2. The van der Waals surface area contributed by atoms with Crippen molar-refractivity contribution in [3.63, 3.8) is 0 Å². The maximum absolute atomic E-state index is 12.8. The summed E-state index contributed by atoms with van der Waals surface area (Å²) < 4.78 is 0. The zero-order valence-electron chi connectivity index (χ0n) is 13.7. The van der Waals surface area contributed by atoms with Crippen molar-refractivity contribution in [3.05, 3.63) is 28.8 Å². The van der Waals surface area contributed by atoms with Crippen LogP contribution in [0.4, 0.5) is 5.69 Å². The number of quaternary nitrogens is 2. The predicted molar refractivity (Wildman–Crippen MR) is 89.0 cm³/mol. The van der Waals surface area contributed by atoms with Gasteiger partial charge in [0.05, 0.1) is 18.7 Å². The zero-order valence-corrected chi connectivity index (χ0v) is 14.4. The van der Waals surface area contributed by atoms with Gasteiger partial charge in [0.2, 0.25) is 5.91 Å². The third-order valence-electron chi connectivity index (χ3n) is 5.15. The first-order chi connectivity index (χ1) is 11.0. The molecule has 0 spiro atoms. The Morgan fingerprint density at radius 2 is 1.91 bits per heavy atom.